The summed E-state index contributed by atoms with van der Waals surface area (Å²) in [7, 11) is 0.992. The molecule has 241 valence electrons. The molecule has 2 heterocycles. The van der Waals surface area contributed by atoms with Gasteiger partial charge in [-0.05, 0) is 36.8 Å². The number of aliphatic carboxylic acids is 1. The Labute approximate surface area is 331 Å². The zero-order chi connectivity index (χ0) is 31.5. The van der Waals surface area contributed by atoms with Crippen LogP contribution in [0, 0.1) is 7.43 Å². The first-order chi connectivity index (χ1) is 20.0. The predicted molar refractivity (Wildman–Crippen MR) is 195 cm³/mol. The molecule has 0 saturated carbocycles. The van der Waals surface area contributed by atoms with Crippen LogP contribution in [-0.2, 0) is 55.5 Å². The van der Waals surface area contributed by atoms with E-state index in [1.54, 1.807) is 4.90 Å². The molecule has 2 fully saturated rings. The van der Waals surface area contributed by atoms with Crippen molar-refractivity contribution in [2.45, 2.75) is 50.6 Å². The van der Waals surface area contributed by atoms with Crippen molar-refractivity contribution in [2.75, 3.05) is 20.2 Å². The first-order valence-corrected chi connectivity index (χ1v) is 30.6. The second-order valence-electron chi connectivity index (χ2n) is 8.80. The largest absolute Gasteiger partial charge is 1.00 e. The van der Waals surface area contributed by atoms with Gasteiger partial charge < -0.3 is 32.5 Å². The monoisotopic (exact) mass is 1130 g/mol. The summed E-state index contributed by atoms with van der Waals surface area (Å²) in [4.78, 5) is 49.8. The summed E-state index contributed by atoms with van der Waals surface area (Å²) in [5.41, 5.74) is 1.89. The van der Waals surface area contributed by atoms with E-state index in [2.05, 4.69) is 79.9 Å². The fraction of sp³-hybridized carbons (Fsp3) is 0.393. The van der Waals surface area contributed by atoms with Crippen LogP contribution in [0.4, 0.5) is 0 Å². The first kappa shape index (κ1) is 47.1. The second kappa shape index (κ2) is 30.1. The third-order valence-corrected chi connectivity index (χ3v) is 6.30. The van der Waals surface area contributed by atoms with Crippen molar-refractivity contribution < 1.29 is 72.1 Å². The third kappa shape index (κ3) is 19.1. The summed E-state index contributed by atoms with van der Waals surface area (Å²) < 4.78 is 11.4. The number of ether oxygens (including phenoxy) is 1. The van der Waals surface area contributed by atoms with E-state index < -0.39 is 27.4 Å². The molecule has 16 heteroatoms. The van der Waals surface area contributed by atoms with E-state index in [-0.39, 0.29) is 56.0 Å². The normalized spacial score (nSPS) is 16.3. The molecule has 2 aliphatic heterocycles. The van der Waals surface area contributed by atoms with E-state index in [9.17, 15) is 19.2 Å². The molecule has 9 nitrogen and oxygen atoms in total. The Kier molecular flexibility index (Phi) is 32.2. The number of hydrogen-bond acceptors (Lipinski definition) is 6. The molecule has 2 N–H and O–H groups in total. The van der Waals surface area contributed by atoms with E-state index in [1.165, 1.54) is 12.0 Å². The molecular formula is C28H37I4LiN2O7V2-. The van der Waals surface area contributed by atoms with Gasteiger partial charge in [-0.1, -0.05) is 60.7 Å². The zero-order valence-corrected chi connectivity index (χ0v) is 36.2. The van der Waals surface area contributed by atoms with Crippen molar-refractivity contribution in [1.82, 2.24) is 9.80 Å². The van der Waals surface area contributed by atoms with Gasteiger partial charge in [0.1, 0.15) is 12.1 Å². The van der Waals surface area contributed by atoms with Gasteiger partial charge in [-0.15, -0.1) is 0 Å². The number of benzene rings is 2. The van der Waals surface area contributed by atoms with Crippen molar-refractivity contribution in [3.8, 4) is 0 Å². The molecule has 44 heavy (non-hydrogen) atoms. The molecular weight excluding hydrogens is 1090 g/mol. The molecule has 2 aliphatic rings. The van der Waals surface area contributed by atoms with Crippen molar-refractivity contribution in [3.05, 3.63) is 79.2 Å². The Morgan fingerprint density at radius 2 is 1.23 bits per heavy atom. The Hall–Kier alpha value is 0.966. The Bertz CT molecular complexity index is 1120. The van der Waals surface area contributed by atoms with Gasteiger partial charge in [0, 0.05) is 13.1 Å². The van der Waals surface area contributed by atoms with Crippen molar-refractivity contribution in [3.63, 3.8) is 0 Å². The molecule has 0 radical (unpaired) electrons. The minimum atomic E-state index is -0.998. The number of esters is 1. The van der Waals surface area contributed by atoms with Gasteiger partial charge in [-0.25, -0.2) is 9.59 Å². The smallest absolute Gasteiger partial charge is 0.870 e. The van der Waals surface area contributed by atoms with Gasteiger partial charge in [0.15, 0.2) is 0 Å². The fourth-order valence-electron chi connectivity index (χ4n) is 4.51. The van der Waals surface area contributed by atoms with Gasteiger partial charge in [-0.2, -0.15) is 0 Å². The summed E-state index contributed by atoms with van der Waals surface area (Å²) in [6, 6.07) is 17.9. The second-order valence-corrected chi connectivity index (χ2v) is 32.4. The maximum atomic E-state index is 12.2. The number of carbonyl (C=O) groups excluding carboxylic acids is 3. The SMILES string of the molecule is COC(=O)[C@@H]1CCCN1C(=O)Cc1ccccc1.O=C(O)[C@@H]1CCCN1C(=O)Cc1ccccc1.[2H][V]([I])[I].[CH3-].[I][V][I].[Li+].[OH-]. The Morgan fingerprint density at radius 3 is 1.57 bits per heavy atom. The van der Waals surface area contributed by atoms with Crippen LogP contribution in [0.5, 0.6) is 0 Å². The molecule has 0 bridgehead atoms. The van der Waals surface area contributed by atoms with Crippen LogP contribution in [0.1, 0.15) is 36.8 Å². The summed E-state index contributed by atoms with van der Waals surface area (Å²) in [6.07, 6.45) is 3.53. The molecule has 0 aromatic heterocycles. The Balaban J connectivity index is -0.000000616. The first-order valence-electron chi connectivity index (χ1n) is 13.0. The quantitative estimate of drug-likeness (QED) is 0.204. The minimum absolute atomic E-state index is 0. The Morgan fingerprint density at radius 1 is 0.886 bits per heavy atom. The number of nitrogens with zero attached hydrogens (tertiary/aromatic N) is 2. The molecule has 0 unspecified atom stereocenters. The van der Waals surface area contributed by atoms with Crippen LogP contribution in [-0.4, -0.2) is 77.3 Å². The van der Waals surface area contributed by atoms with Crippen molar-refractivity contribution in [1.29, 1.82) is 0.879 Å². The summed E-state index contributed by atoms with van der Waals surface area (Å²) in [5, 5.41) is 9.00. The number of carboxylic acid groups (broad SMARTS) is 1. The van der Waals surface area contributed by atoms with E-state index >= 15 is 0 Å². The maximum Gasteiger partial charge on any atom is 1.00 e. The van der Waals surface area contributed by atoms with E-state index in [0.717, 1.165) is 24.0 Å². The summed E-state index contributed by atoms with van der Waals surface area (Å²) in [5.74, 6) is -1.31. The molecule has 2 amide bonds. The van der Waals surface area contributed by atoms with E-state index in [1.807, 2.05) is 60.7 Å². The number of carbonyl (C=O) groups is 4. The number of amides is 2. The third-order valence-electron chi connectivity index (χ3n) is 6.30. The average molecular weight is 1130 g/mol. The molecule has 4 rings (SSSR count). The van der Waals surface area contributed by atoms with Crippen LogP contribution < -0.4 is 18.9 Å². The van der Waals surface area contributed by atoms with Crippen LogP contribution >= 0.6 is 79.9 Å². The van der Waals surface area contributed by atoms with Crippen LogP contribution in [0.2, 0.25) is 0 Å². The molecule has 2 aromatic carbocycles. The number of carboxylic acids is 1. The number of hydrogen-bond donors (Lipinski definition) is 1. The standard InChI is InChI=1S/C14H17NO3.C13H15NO3.CH3.4HI.Li.H2O.2V.H/c1-18-14(17)12-8-5-9-15(12)13(16)10-11-6-3-2-4-7-11;15-12(9-10-5-2-1-3-6-10)14-8-4-7-11(14)13(16)17;;;;;;;;;;/h2-4,6-7,12H,5,8-10H2,1H3;1-3,5-6,11H,4,7-9H2,(H,16,17);1H3;4*1H;;1H2;;;/q;;-1;;;;;+1;;2*+2;/p-5/t12-;11-;;;;;;;;;;/m00........../s1/i;;;;;;;;;;;1+1. The minimum Gasteiger partial charge on any atom is -0.870 e. The van der Waals surface area contributed by atoms with E-state index in [4.69, 9.17) is 10.7 Å². The van der Waals surface area contributed by atoms with Crippen molar-refractivity contribution >= 4 is 104 Å². The molecule has 2 aromatic rings. The topological polar surface area (TPSA) is 134 Å². The van der Waals surface area contributed by atoms with Crippen LogP contribution in [0.25, 0.3) is 0 Å². The van der Waals surface area contributed by atoms with Gasteiger partial charge in [0.05, 0.1) is 20.0 Å². The number of halogens is 4. The molecule has 2 saturated heterocycles. The predicted octanol–water partition coefficient (Wildman–Crippen LogP) is 3.25. The van der Waals surface area contributed by atoms with Gasteiger partial charge in [-0.3, -0.25) is 9.59 Å². The fourth-order valence-corrected chi connectivity index (χ4v) is 4.51. The zero-order valence-electron chi connectivity index (χ0n) is 25.8. The van der Waals surface area contributed by atoms with Gasteiger partial charge in [0.2, 0.25) is 11.8 Å². The maximum absolute atomic E-state index is 12.2. The molecule has 2 atom stereocenters. The number of likely N-dealkylation sites (tertiary alicyclic amines) is 2. The summed E-state index contributed by atoms with van der Waals surface area (Å²) in [6.45, 7) is 1.20. The van der Waals surface area contributed by atoms with Gasteiger partial charge >= 0.3 is 130 Å². The van der Waals surface area contributed by atoms with Gasteiger partial charge in [0.25, 0.3) is 0 Å². The summed E-state index contributed by atoms with van der Waals surface area (Å²) >= 11 is 9.02. The van der Waals surface area contributed by atoms with Crippen LogP contribution in [0.3, 0.4) is 0 Å². The number of rotatable bonds is 6. The molecule has 0 spiro atoms. The number of methoxy groups -OCH3 is 1. The van der Waals surface area contributed by atoms with Crippen LogP contribution in [0.15, 0.2) is 60.7 Å². The molecule has 0 aliphatic carbocycles. The average Bonchev–Trinajstić information content (AvgIpc) is 3.65. The van der Waals surface area contributed by atoms with E-state index in [0.29, 0.717) is 41.8 Å². The van der Waals surface area contributed by atoms with Crippen molar-refractivity contribution in [2.24, 2.45) is 0 Å².